The fourth-order valence-corrected chi connectivity index (χ4v) is 0.889. The smallest absolute Gasteiger partial charge is 0.348 e. The summed E-state index contributed by atoms with van der Waals surface area (Å²) in [5.74, 6) is 0.538. The molecule has 0 aliphatic carbocycles. The van der Waals surface area contributed by atoms with Gasteiger partial charge in [0, 0.05) is 12.3 Å². The number of hydrogen-bond donors (Lipinski definition) is 0. The van der Waals surface area contributed by atoms with Gasteiger partial charge >= 0.3 is 5.63 Å². The van der Waals surface area contributed by atoms with Crippen LogP contribution in [0.4, 0.5) is 0 Å². The maximum Gasteiger partial charge on any atom is 0.348 e. The van der Waals surface area contributed by atoms with Gasteiger partial charge in [0.15, 0.2) is 6.73 Å². The number of ether oxygens (including phenoxy) is 1. The Balaban J connectivity index is 2.70. The number of hydrogen-bond acceptors (Lipinski definition) is 4. The van der Waals surface area contributed by atoms with Gasteiger partial charge in [-0.15, -0.1) is 0 Å². The van der Waals surface area contributed by atoms with Gasteiger partial charge in [0.1, 0.15) is 11.3 Å². The van der Waals surface area contributed by atoms with E-state index in [0.29, 0.717) is 11.3 Å². The molecule has 0 unspecified atom stereocenters. The molecule has 11 heavy (non-hydrogen) atoms. The molecule has 0 saturated carbocycles. The molecule has 2 rings (SSSR count). The second kappa shape index (κ2) is 2.23. The Bertz CT molecular complexity index is 353. The van der Waals surface area contributed by atoms with Crippen LogP contribution in [0, 0.1) is 0 Å². The van der Waals surface area contributed by atoms with Crippen LogP contribution in [0.3, 0.4) is 0 Å². The molecule has 0 bridgehead atoms. The van der Waals surface area contributed by atoms with Crippen molar-refractivity contribution < 1.29 is 9.15 Å². The highest BCUT2D eigenvalue weighted by atomic mass is 16.5. The summed E-state index contributed by atoms with van der Waals surface area (Å²) in [6, 6.07) is 1.60. The molecule has 0 N–H and O–H groups in total. The summed E-state index contributed by atoms with van der Waals surface area (Å²) in [6.07, 6.45) is 2.77. The second-order valence-corrected chi connectivity index (χ2v) is 2.07. The molecule has 0 saturated heterocycles. The first-order valence-electron chi connectivity index (χ1n) is 3.12. The fourth-order valence-electron chi connectivity index (χ4n) is 0.889. The van der Waals surface area contributed by atoms with E-state index in [-0.39, 0.29) is 6.73 Å². The number of nitrogens with zero attached hydrogens (tertiary/aromatic N) is 1. The average molecular weight is 151 g/mol. The van der Waals surface area contributed by atoms with E-state index in [2.05, 4.69) is 9.41 Å². The third-order valence-corrected chi connectivity index (χ3v) is 1.39. The lowest BCUT2D eigenvalue weighted by atomic mass is 10.3. The van der Waals surface area contributed by atoms with E-state index in [1.807, 2.05) is 0 Å². The van der Waals surface area contributed by atoms with Crippen molar-refractivity contribution in [2.24, 2.45) is 4.99 Å². The van der Waals surface area contributed by atoms with Crippen molar-refractivity contribution in [3.05, 3.63) is 28.3 Å². The summed E-state index contributed by atoms with van der Waals surface area (Å²) in [6.45, 7) is 0.274. The van der Waals surface area contributed by atoms with Crippen LogP contribution >= 0.6 is 0 Å². The maximum atomic E-state index is 10.9. The van der Waals surface area contributed by atoms with E-state index >= 15 is 0 Å². The van der Waals surface area contributed by atoms with Crippen molar-refractivity contribution in [2.45, 2.75) is 0 Å². The molecular weight excluding hydrogens is 146 g/mol. The van der Waals surface area contributed by atoms with Gasteiger partial charge in [-0.2, -0.15) is 0 Å². The largest absolute Gasteiger partial charge is 0.470 e. The molecule has 0 spiro atoms. The third-order valence-electron chi connectivity index (χ3n) is 1.39. The number of aliphatic imine (C=N–C) groups is 1. The highest BCUT2D eigenvalue weighted by molar-refractivity contribution is 5.83. The average Bonchev–Trinajstić information content (AvgIpc) is 2.06. The Labute approximate surface area is 62.1 Å². The highest BCUT2D eigenvalue weighted by Crippen LogP contribution is 2.14. The standard InChI is InChI=1S/C7H5NO3/c9-7-5-3-8-4-11-6(5)1-2-10-7/h1-3H,4H2. The molecule has 0 fully saturated rings. The van der Waals surface area contributed by atoms with Crippen LogP contribution in [0.5, 0.6) is 5.75 Å². The molecule has 1 aliphatic heterocycles. The van der Waals surface area contributed by atoms with E-state index < -0.39 is 5.63 Å². The monoisotopic (exact) mass is 151 g/mol. The van der Waals surface area contributed by atoms with E-state index in [1.165, 1.54) is 12.5 Å². The first-order valence-corrected chi connectivity index (χ1v) is 3.12. The third kappa shape index (κ3) is 0.920. The zero-order valence-corrected chi connectivity index (χ0v) is 5.61. The zero-order valence-electron chi connectivity index (χ0n) is 5.61. The molecule has 0 atom stereocenters. The first kappa shape index (κ1) is 6.15. The molecule has 1 aliphatic rings. The first-order chi connectivity index (χ1) is 5.38. The molecule has 4 heteroatoms. The van der Waals surface area contributed by atoms with Crippen molar-refractivity contribution in [3.63, 3.8) is 0 Å². The normalized spacial score (nSPS) is 13.8. The minimum Gasteiger partial charge on any atom is -0.470 e. The maximum absolute atomic E-state index is 10.9. The molecule has 4 nitrogen and oxygen atoms in total. The van der Waals surface area contributed by atoms with Gasteiger partial charge in [-0.25, -0.2) is 4.79 Å². The van der Waals surface area contributed by atoms with E-state index in [1.54, 1.807) is 6.07 Å². The molecule has 0 aromatic carbocycles. The number of fused-ring (bicyclic) bond motifs is 1. The predicted molar refractivity (Wildman–Crippen MR) is 38.1 cm³/mol. The van der Waals surface area contributed by atoms with Crippen molar-refractivity contribution >= 4 is 6.21 Å². The minimum absolute atomic E-state index is 0.274. The van der Waals surface area contributed by atoms with Gasteiger partial charge in [-0.3, -0.25) is 4.99 Å². The Kier molecular flexibility index (Phi) is 1.25. The van der Waals surface area contributed by atoms with Gasteiger partial charge in [0.05, 0.1) is 6.26 Å². The van der Waals surface area contributed by atoms with Crippen LogP contribution in [0.2, 0.25) is 0 Å². The Morgan fingerprint density at radius 3 is 3.27 bits per heavy atom. The molecule has 2 heterocycles. The van der Waals surface area contributed by atoms with Crippen LogP contribution in [0.25, 0.3) is 0 Å². The summed E-state index contributed by atoms with van der Waals surface area (Å²) >= 11 is 0. The molecule has 56 valence electrons. The number of rotatable bonds is 0. The zero-order chi connectivity index (χ0) is 7.68. The summed E-state index contributed by atoms with van der Waals surface area (Å²) in [5.41, 5.74) is -0.0234. The Morgan fingerprint density at radius 1 is 1.55 bits per heavy atom. The lowest BCUT2D eigenvalue weighted by Gasteiger charge is -2.08. The van der Waals surface area contributed by atoms with Gasteiger partial charge in [-0.05, 0) is 0 Å². The Hall–Kier alpha value is -1.58. The molecule has 1 aromatic rings. The highest BCUT2D eigenvalue weighted by Gasteiger charge is 2.09. The lowest BCUT2D eigenvalue weighted by molar-refractivity contribution is 0.320. The molecule has 1 aromatic heterocycles. The van der Waals surface area contributed by atoms with E-state index in [9.17, 15) is 4.79 Å². The van der Waals surface area contributed by atoms with Crippen molar-refractivity contribution in [2.75, 3.05) is 6.73 Å². The summed E-state index contributed by atoms with van der Waals surface area (Å²) in [4.78, 5) is 14.7. The van der Waals surface area contributed by atoms with Crippen LogP contribution in [-0.4, -0.2) is 12.9 Å². The van der Waals surface area contributed by atoms with Crippen LogP contribution in [-0.2, 0) is 0 Å². The van der Waals surface area contributed by atoms with Crippen molar-refractivity contribution in [3.8, 4) is 5.75 Å². The fraction of sp³-hybridized carbons (Fsp3) is 0.143. The summed E-state index contributed by atoms with van der Waals surface area (Å²) < 4.78 is 9.65. The van der Waals surface area contributed by atoms with Crippen LogP contribution in [0.1, 0.15) is 5.56 Å². The van der Waals surface area contributed by atoms with E-state index in [4.69, 9.17) is 4.74 Å². The van der Waals surface area contributed by atoms with Crippen LogP contribution in [0.15, 0.2) is 26.5 Å². The van der Waals surface area contributed by atoms with E-state index in [0.717, 1.165) is 0 Å². The predicted octanol–water partition coefficient (Wildman–Crippen LogP) is 0.409. The van der Waals surface area contributed by atoms with Crippen molar-refractivity contribution in [1.29, 1.82) is 0 Å². The minimum atomic E-state index is -0.411. The van der Waals surface area contributed by atoms with Gasteiger partial charge in [0.2, 0.25) is 0 Å². The lowest BCUT2D eigenvalue weighted by Crippen LogP contribution is -2.13. The van der Waals surface area contributed by atoms with Gasteiger partial charge < -0.3 is 9.15 Å². The topological polar surface area (TPSA) is 51.8 Å². The summed E-state index contributed by atoms with van der Waals surface area (Å²) in [7, 11) is 0. The van der Waals surface area contributed by atoms with Gasteiger partial charge in [-0.1, -0.05) is 0 Å². The summed E-state index contributed by atoms with van der Waals surface area (Å²) in [5, 5.41) is 0. The molecular formula is C7H5NO3. The second-order valence-electron chi connectivity index (χ2n) is 2.07. The molecule has 0 amide bonds. The van der Waals surface area contributed by atoms with Crippen molar-refractivity contribution in [1.82, 2.24) is 0 Å². The van der Waals surface area contributed by atoms with Gasteiger partial charge in [0.25, 0.3) is 0 Å². The van der Waals surface area contributed by atoms with Crippen LogP contribution < -0.4 is 10.4 Å². The quantitative estimate of drug-likeness (QED) is 0.539. The molecule has 0 radical (unpaired) electrons. The Morgan fingerprint density at radius 2 is 2.45 bits per heavy atom. The SMILES string of the molecule is O=c1occc2c1C=NCO2.